The van der Waals surface area contributed by atoms with Crippen LogP contribution in [0.5, 0.6) is 0 Å². The van der Waals surface area contributed by atoms with Crippen molar-refractivity contribution in [3.63, 3.8) is 0 Å². The van der Waals surface area contributed by atoms with E-state index >= 15 is 0 Å². The van der Waals surface area contributed by atoms with Gasteiger partial charge < -0.3 is 9.47 Å². The maximum atomic E-state index is 12.2. The Bertz CT molecular complexity index is 528. The van der Waals surface area contributed by atoms with Crippen LogP contribution in [-0.4, -0.2) is 75.5 Å². The van der Waals surface area contributed by atoms with Gasteiger partial charge in [-0.05, 0) is 20.3 Å². The maximum Gasteiger partial charge on any atom is 0.239 e. The van der Waals surface area contributed by atoms with Gasteiger partial charge in [0.05, 0.1) is 12.6 Å². The smallest absolute Gasteiger partial charge is 0.239 e. The van der Waals surface area contributed by atoms with Gasteiger partial charge in [-0.1, -0.05) is 0 Å². The number of amides is 1. The Morgan fingerprint density at radius 1 is 1.32 bits per heavy atom. The highest BCUT2D eigenvalue weighted by atomic mass is 16.2. The van der Waals surface area contributed by atoms with Crippen molar-refractivity contribution >= 4 is 5.91 Å². The van der Waals surface area contributed by atoms with Gasteiger partial charge in [-0.3, -0.25) is 14.6 Å². The summed E-state index contributed by atoms with van der Waals surface area (Å²) < 4.78 is 2.20. The van der Waals surface area contributed by atoms with Crippen LogP contribution < -0.4 is 0 Å². The monoisotopic (exact) mass is 305 g/mol. The van der Waals surface area contributed by atoms with Crippen LogP contribution in [0, 0.1) is 0 Å². The second-order valence-corrected chi connectivity index (χ2v) is 6.51. The van der Waals surface area contributed by atoms with Crippen molar-refractivity contribution in [2.24, 2.45) is 0 Å². The van der Waals surface area contributed by atoms with Crippen molar-refractivity contribution in [1.82, 2.24) is 24.3 Å². The molecule has 2 aliphatic heterocycles. The van der Waals surface area contributed by atoms with Crippen molar-refractivity contribution in [3.05, 3.63) is 18.2 Å². The molecule has 0 radical (unpaired) electrons. The number of aryl methyl sites for hydroxylation is 1. The Balaban J connectivity index is 1.59. The molecule has 122 valence electrons. The van der Waals surface area contributed by atoms with E-state index in [0.29, 0.717) is 11.9 Å². The molecule has 2 saturated heterocycles. The van der Waals surface area contributed by atoms with E-state index in [-0.39, 0.29) is 6.04 Å². The van der Waals surface area contributed by atoms with E-state index in [4.69, 9.17) is 0 Å². The van der Waals surface area contributed by atoms with Gasteiger partial charge >= 0.3 is 0 Å². The van der Waals surface area contributed by atoms with E-state index in [1.807, 2.05) is 24.3 Å². The lowest BCUT2D eigenvalue weighted by Gasteiger charge is -2.41. The number of carbonyl (C=O) groups excluding carboxylic acids is 1. The molecule has 3 rings (SSSR count). The van der Waals surface area contributed by atoms with Gasteiger partial charge in [-0.15, -0.1) is 0 Å². The summed E-state index contributed by atoms with van der Waals surface area (Å²) in [7, 11) is 1.91. The molecule has 1 aromatic rings. The fourth-order valence-electron chi connectivity index (χ4n) is 3.65. The van der Waals surface area contributed by atoms with E-state index in [1.54, 1.807) is 0 Å². The molecule has 0 N–H and O–H groups in total. The summed E-state index contributed by atoms with van der Waals surface area (Å²) in [6, 6.07) is 0.557. The standard InChI is InChI=1S/C16H27N5O/c1-4-19-8-6-17-15(19)12-20-9-10-21(11-13(20)2)14-5-7-18(3)16(14)22/h6,8,13-14H,4-5,7,9-12H2,1-3H3/t13-,14-/m0/s1. The Morgan fingerprint density at radius 3 is 2.77 bits per heavy atom. The predicted octanol–water partition coefficient (Wildman–Crippen LogP) is 0.640. The van der Waals surface area contributed by atoms with Gasteiger partial charge in [0.25, 0.3) is 0 Å². The molecule has 22 heavy (non-hydrogen) atoms. The molecule has 0 aromatic carbocycles. The summed E-state index contributed by atoms with van der Waals surface area (Å²) in [5.41, 5.74) is 0. The molecular formula is C16H27N5O. The zero-order chi connectivity index (χ0) is 15.7. The minimum atomic E-state index is 0.104. The van der Waals surface area contributed by atoms with Crippen LogP contribution in [0.15, 0.2) is 12.4 Å². The molecule has 2 atom stereocenters. The molecule has 0 bridgehead atoms. The lowest BCUT2D eigenvalue weighted by atomic mass is 10.1. The number of piperazine rings is 1. The molecule has 6 heteroatoms. The van der Waals surface area contributed by atoms with Crippen LogP contribution in [0.25, 0.3) is 0 Å². The molecule has 0 unspecified atom stereocenters. The number of carbonyl (C=O) groups is 1. The first-order valence-electron chi connectivity index (χ1n) is 8.33. The summed E-state index contributed by atoms with van der Waals surface area (Å²) in [6.45, 7) is 10.1. The molecule has 2 aliphatic rings. The highest BCUT2D eigenvalue weighted by Crippen LogP contribution is 2.21. The summed E-state index contributed by atoms with van der Waals surface area (Å²) in [6.07, 6.45) is 4.90. The minimum absolute atomic E-state index is 0.104. The SMILES string of the molecule is CCn1ccnc1CN1CCN([C@H]2CCN(C)C2=O)C[C@@H]1C. The van der Waals surface area contributed by atoms with Crippen molar-refractivity contribution in [1.29, 1.82) is 0 Å². The van der Waals surface area contributed by atoms with E-state index in [2.05, 4.69) is 33.2 Å². The second kappa shape index (κ2) is 6.38. The quantitative estimate of drug-likeness (QED) is 0.819. The number of aromatic nitrogens is 2. The lowest BCUT2D eigenvalue weighted by molar-refractivity contribution is -0.132. The number of imidazole rings is 1. The van der Waals surface area contributed by atoms with Gasteiger partial charge in [0.2, 0.25) is 5.91 Å². The Hall–Kier alpha value is -1.40. The zero-order valence-electron chi connectivity index (χ0n) is 13.9. The number of likely N-dealkylation sites (N-methyl/N-ethyl adjacent to an activating group) is 1. The van der Waals surface area contributed by atoms with Gasteiger partial charge in [-0.25, -0.2) is 4.98 Å². The zero-order valence-corrected chi connectivity index (χ0v) is 13.9. The van der Waals surface area contributed by atoms with Gasteiger partial charge in [0.1, 0.15) is 5.82 Å². The van der Waals surface area contributed by atoms with E-state index in [1.165, 1.54) is 0 Å². The van der Waals surface area contributed by atoms with Crippen molar-refractivity contribution in [2.45, 2.75) is 45.4 Å². The third kappa shape index (κ3) is 2.90. The number of likely N-dealkylation sites (tertiary alicyclic amines) is 1. The third-order valence-corrected chi connectivity index (χ3v) is 5.12. The topological polar surface area (TPSA) is 44.6 Å². The molecule has 6 nitrogen and oxygen atoms in total. The number of nitrogens with zero attached hydrogens (tertiary/aromatic N) is 5. The minimum Gasteiger partial charge on any atom is -0.344 e. The Kier molecular flexibility index (Phi) is 4.49. The molecule has 0 spiro atoms. The second-order valence-electron chi connectivity index (χ2n) is 6.51. The largest absolute Gasteiger partial charge is 0.344 e. The molecule has 1 aromatic heterocycles. The molecule has 2 fully saturated rings. The Labute approximate surface area is 132 Å². The van der Waals surface area contributed by atoms with Crippen molar-refractivity contribution < 1.29 is 4.79 Å². The lowest BCUT2D eigenvalue weighted by Crippen LogP contribution is -2.56. The molecule has 3 heterocycles. The van der Waals surface area contributed by atoms with Crippen LogP contribution in [0.2, 0.25) is 0 Å². The highest BCUT2D eigenvalue weighted by molar-refractivity contribution is 5.83. The van der Waals surface area contributed by atoms with Gasteiger partial charge in [0.15, 0.2) is 0 Å². The predicted molar refractivity (Wildman–Crippen MR) is 85.4 cm³/mol. The Morgan fingerprint density at radius 2 is 2.14 bits per heavy atom. The van der Waals surface area contributed by atoms with Crippen molar-refractivity contribution in [2.75, 3.05) is 33.2 Å². The first kappa shape index (κ1) is 15.5. The van der Waals surface area contributed by atoms with E-state index in [0.717, 1.165) is 51.5 Å². The molecular weight excluding hydrogens is 278 g/mol. The average molecular weight is 305 g/mol. The summed E-state index contributed by atoms with van der Waals surface area (Å²) in [5.74, 6) is 1.43. The third-order valence-electron chi connectivity index (χ3n) is 5.12. The summed E-state index contributed by atoms with van der Waals surface area (Å²) in [5, 5.41) is 0. The molecule has 0 aliphatic carbocycles. The van der Waals surface area contributed by atoms with E-state index in [9.17, 15) is 4.79 Å². The van der Waals surface area contributed by atoms with Crippen LogP contribution in [0.3, 0.4) is 0 Å². The summed E-state index contributed by atoms with van der Waals surface area (Å²) in [4.78, 5) is 23.4. The molecule has 1 amide bonds. The maximum absolute atomic E-state index is 12.2. The highest BCUT2D eigenvalue weighted by Gasteiger charge is 2.37. The fraction of sp³-hybridized carbons (Fsp3) is 0.750. The van der Waals surface area contributed by atoms with Crippen LogP contribution >= 0.6 is 0 Å². The first-order chi connectivity index (χ1) is 10.6. The average Bonchev–Trinajstić information content (AvgIpc) is 3.09. The van der Waals surface area contributed by atoms with Crippen LogP contribution in [0.1, 0.15) is 26.1 Å². The number of rotatable bonds is 4. The first-order valence-corrected chi connectivity index (χ1v) is 8.33. The normalized spacial score (nSPS) is 27.8. The van der Waals surface area contributed by atoms with E-state index < -0.39 is 0 Å². The van der Waals surface area contributed by atoms with Crippen molar-refractivity contribution in [3.8, 4) is 0 Å². The van der Waals surface area contributed by atoms with Gasteiger partial charge in [0, 0.05) is 58.2 Å². The summed E-state index contributed by atoms with van der Waals surface area (Å²) >= 11 is 0. The molecule has 0 saturated carbocycles. The number of hydrogen-bond donors (Lipinski definition) is 0. The fourth-order valence-corrected chi connectivity index (χ4v) is 3.65. The van der Waals surface area contributed by atoms with Crippen LogP contribution in [0.4, 0.5) is 0 Å². The van der Waals surface area contributed by atoms with Crippen LogP contribution in [-0.2, 0) is 17.9 Å². The number of hydrogen-bond acceptors (Lipinski definition) is 4. The van der Waals surface area contributed by atoms with Gasteiger partial charge in [-0.2, -0.15) is 0 Å².